The SMILES string of the molecule is C/C(=C/C(=O)NCCC(=O)O)C(=O)O. The average Bonchev–Trinajstić information content (AvgIpc) is 2.02. The molecule has 0 heterocycles. The van der Waals surface area contributed by atoms with Crippen LogP contribution >= 0.6 is 0 Å². The van der Waals surface area contributed by atoms with E-state index in [9.17, 15) is 14.4 Å². The van der Waals surface area contributed by atoms with Gasteiger partial charge in [0, 0.05) is 18.2 Å². The summed E-state index contributed by atoms with van der Waals surface area (Å²) < 4.78 is 0. The molecule has 14 heavy (non-hydrogen) atoms. The zero-order valence-electron chi connectivity index (χ0n) is 7.61. The van der Waals surface area contributed by atoms with E-state index in [1.165, 1.54) is 6.92 Å². The molecule has 78 valence electrons. The lowest BCUT2D eigenvalue weighted by Gasteiger charge is -1.98. The number of carbonyl (C=O) groups excluding carboxylic acids is 1. The molecule has 0 aromatic rings. The van der Waals surface area contributed by atoms with Crippen molar-refractivity contribution in [3.8, 4) is 0 Å². The molecule has 3 N–H and O–H groups in total. The van der Waals surface area contributed by atoms with Gasteiger partial charge in [-0.15, -0.1) is 0 Å². The molecule has 0 bridgehead atoms. The molecule has 0 aliphatic carbocycles. The Bertz CT molecular complexity index is 281. The highest BCUT2D eigenvalue weighted by Crippen LogP contribution is 1.90. The smallest absolute Gasteiger partial charge is 0.331 e. The van der Waals surface area contributed by atoms with Crippen LogP contribution in [0.25, 0.3) is 0 Å². The number of nitrogens with one attached hydrogen (secondary N) is 1. The van der Waals surface area contributed by atoms with E-state index in [-0.39, 0.29) is 18.5 Å². The number of carbonyl (C=O) groups is 3. The van der Waals surface area contributed by atoms with Crippen molar-refractivity contribution in [1.29, 1.82) is 0 Å². The van der Waals surface area contributed by atoms with Crippen molar-refractivity contribution in [2.24, 2.45) is 0 Å². The lowest BCUT2D eigenvalue weighted by molar-refractivity contribution is -0.137. The van der Waals surface area contributed by atoms with Gasteiger partial charge in [-0.2, -0.15) is 0 Å². The number of carboxylic acids is 2. The topological polar surface area (TPSA) is 104 Å². The maximum Gasteiger partial charge on any atom is 0.331 e. The fourth-order valence-electron chi connectivity index (χ4n) is 0.602. The van der Waals surface area contributed by atoms with Crippen molar-refractivity contribution in [2.75, 3.05) is 6.54 Å². The second-order valence-corrected chi connectivity index (χ2v) is 2.57. The third-order valence-electron chi connectivity index (χ3n) is 1.32. The van der Waals surface area contributed by atoms with E-state index >= 15 is 0 Å². The predicted molar refractivity (Wildman–Crippen MR) is 46.7 cm³/mol. The minimum Gasteiger partial charge on any atom is -0.481 e. The molecule has 1 amide bonds. The third kappa shape index (κ3) is 5.76. The van der Waals surface area contributed by atoms with Crippen molar-refractivity contribution < 1.29 is 24.6 Å². The summed E-state index contributed by atoms with van der Waals surface area (Å²) in [4.78, 5) is 31.2. The van der Waals surface area contributed by atoms with Crippen LogP contribution in [0.15, 0.2) is 11.6 Å². The van der Waals surface area contributed by atoms with Crippen LogP contribution in [0.2, 0.25) is 0 Å². The Hall–Kier alpha value is -1.85. The number of hydrogen-bond acceptors (Lipinski definition) is 3. The minimum absolute atomic E-state index is 0.0163. The molecule has 6 nitrogen and oxygen atoms in total. The predicted octanol–water partition coefficient (Wildman–Crippen LogP) is -0.392. The normalized spacial score (nSPS) is 10.8. The molecule has 0 atom stereocenters. The summed E-state index contributed by atoms with van der Waals surface area (Å²) in [6.07, 6.45) is 0.718. The molecule has 0 saturated carbocycles. The van der Waals surface area contributed by atoms with Crippen LogP contribution in [0, 0.1) is 0 Å². The molecule has 6 heteroatoms. The van der Waals surface area contributed by atoms with Gasteiger partial charge >= 0.3 is 11.9 Å². The fourth-order valence-corrected chi connectivity index (χ4v) is 0.602. The standard InChI is InChI=1S/C8H11NO5/c1-5(8(13)14)4-6(10)9-3-2-7(11)12/h4H,2-3H2,1H3,(H,9,10)(H,11,12)(H,13,14)/b5-4-. The molecule has 0 saturated heterocycles. The van der Waals surface area contributed by atoms with E-state index < -0.39 is 17.8 Å². The summed E-state index contributed by atoms with van der Waals surface area (Å²) in [6.45, 7) is 1.26. The summed E-state index contributed by atoms with van der Waals surface area (Å²) in [5, 5.41) is 18.9. The zero-order chi connectivity index (χ0) is 11.1. The van der Waals surface area contributed by atoms with Crippen LogP contribution in [-0.2, 0) is 14.4 Å². The lowest BCUT2D eigenvalue weighted by atomic mass is 10.3. The first-order chi connectivity index (χ1) is 6.43. The van der Waals surface area contributed by atoms with Gasteiger partial charge in [0.1, 0.15) is 0 Å². The largest absolute Gasteiger partial charge is 0.481 e. The first-order valence-electron chi connectivity index (χ1n) is 3.84. The molecule has 0 aliphatic heterocycles. The summed E-state index contributed by atoms with van der Waals surface area (Å²) in [5.41, 5.74) is -0.0992. The quantitative estimate of drug-likeness (QED) is 0.525. The van der Waals surface area contributed by atoms with Crippen LogP contribution in [-0.4, -0.2) is 34.6 Å². The Kier molecular flexibility index (Phi) is 4.98. The van der Waals surface area contributed by atoms with E-state index in [1.54, 1.807) is 0 Å². The second-order valence-electron chi connectivity index (χ2n) is 2.57. The van der Waals surface area contributed by atoms with Crippen LogP contribution in [0.4, 0.5) is 0 Å². The molecule has 0 radical (unpaired) electrons. The fraction of sp³-hybridized carbons (Fsp3) is 0.375. The van der Waals surface area contributed by atoms with Gasteiger partial charge in [-0.25, -0.2) is 4.79 Å². The Morgan fingerprint density at radius 3 is 2.29 bits per heavy atom. The van der Waals surface area contributed by atoms with Gasteiger partial charge in [0.25, 0.3) is 0 Å². The number of hydrogen-bond donors (Lipinski definition) is 3. The highest BCUT2D eigenvalue weighted by molar-refractivity contribution is 5.97. The Morgan fingerprint density at radius 1 is 1.29 bits per heavy atom. The first-order valence-corrected chi connectivity index (χ1v) is 3.84. The van der Waals surface area contributed by atoms with Crippen molar-refractivity contribution in [3.05, 3.63) is 11.6 Å². The molecular formula is C8H11NO5. The Morgan fingerprint density at radius 2 is 1.86 bits per heavy atom. The van der Waals surface area contributed by atoms with Gasteiger partial charge in [0.2, 0.25) is 5.91 Å². The summed E-state index contributed by atoms with van der Waals surface area (Å²) in [5.74, 6) is -2.81. The van der Waals surface area contributed by atoms with E-state index in [0.717, 1.165) is 6.08 Å². The maximum atomic E-state index is 10.9. The summed E-state index contributed by atoms with van der Waals surface area (Å²) in [6, 6.07) is 0. The Labute approximate surface area is 80.2 Å². The maximum absolute atomic E-state index is 10.9. The van der Waals surface area contributed by atoms with E-state index in [2.05, 4.69) is 5.32 Å². The molecule has 0 unspecified atom stereocenters. The Balaban J connectivity index is 3.93. The number of aliphatic carboxylic acids is 2. The molecule has 0 rings (SSSR count). The monoisotopic (exact) mass is 201 g/mol. The average molecular weight is 201 g/mol. The number of carboxylic acid groups (broad SMARTS) is 2. The van der Waals surface area contributed by atoms with Gasteiger partial charge in [0.15, 0.2) is 0 Å². The van der Waals surface area contributed by atoms with E-state index in [0.29, 0.717) is 0 Å². The first kappa shape index (κ1) is 12.2. The highest BCUT2D eigenvalue weighted by Gasteiger charge is 2.04. The third-order valence-corrected chi connectivity index (χ3v) is 1.32. The lowest BCUT2D eigenvalue weighted by Crippen LogP contribution is -2.24. The zero-order valence-corrected chi connectivity index (χ0v) is 7.61. The van der Waals surface area contributed by atoms with Crippen LogP contribution in [0.5, 0.6) is 0 Å². The molecule has 0 spiro atoms. The van der Waals surface area contributed by atoms with Crippen molar-refractivity contribution in [2.45, 2.75) is 13.3 Å². The van der Waals surface area contributed by atoms with Gasteiger partial charge in [-0.3, -0.25) is 9.59 Å². The van der Waals surface area contributed by atoms with E-state index in [1.807, 2.05) is 0 Å². The van der Waals surface area contributed by atoms with Crippen molar-refractivity contribution >= 4 is 17.8 Å². The second kappa shape index (κ2) is 5.74. The van der Waals surface area contributed by atoms with Crippen LogP contribution in [0.3, 0.4) is 0 Å². The highest BCUT2D eigenvalue weighted by atomic mass is 16.4. The summed E-state index contributed by atoms with van der Waals surface area (Å²) >= 11 is 0. The van der Waals surface area contributed by atoms with Crippen LogP contribution < -0.4 is 5.32 Å². The van der Waals surface area contributed by atoms with Gasteiger partial charge in [-0.05, 0) is 6.92 Å². The summed E-state index contributed by atoms with van der Waals surface area (Å²) in [7, 11) is 0. The molecule has 0 fully saturated rings. The van der Waals surface area contributed by atoms with Gasteiger partial charge in [-0.1, -0.05) is 0 Å². The molecule has 0 aromatic carbocycles. The molecule has 0 aromatic heterocycles. The molecule has 0 aliphatic rings. The van der Waals surface area contributed by atoms with Crippen molar-refractivity contribution in [3.63, 3.8) is 0 Å². The molecular weight excluding hydrogens is 190 g/mol. The number of amides is 1. The van der Waals surface area contributed by atoms with Crippen molar-refractivity contribution in [1.82, 2.24) is 5.32 Å². The van der Waals surface area contributed by atoms with Gasteiger partial charge < -0.3 is 15.5 Å². The van der Waals surface area contributed by atoms with Gasteiger partial charge in [0.05, 0.1) is 6.42 Å². The van der Waals surface area contributed by atoms with Crippen LogP contribution in [0.1, 0.15) is 13.3 Å². The minimum atomic E-state index is -1.18. The van der Waals surface area contributed by atoms with E-state index in [4.69, 9.17) is 10.2 Å². The number of rotatable bonds is 5.